The monoisotopic (exact) mass is 389 g/mol. The van der Waals surface area contributed by atoms with Gasteiger partial charge in [0.1, 0.15) is 0 Å². The minimum Gasteiger partial charge on any atom is -0.461 e. The van der Waals surface area contributed by atoms with E-state index in [0.29, 0.717) is 6.54 Å². The number of rotatable bonds is 5. The Morgan fingerprint density at radius 2 is 2.18 bits per heavy atom. The maximum atomic E-state index is 12.7. The Labute approximate surface area is 161 Å². The molecule has 0 aliphatic carbocycles. The molecule has 28 heavy (non-hydrogen) atoms. The van der Waals surface area contributed by atoms with Gasteiger partial charge in [0.05, 0.1) is 25.4 Å². The molecule has 1 atom stereocenters. The van der Waals surface area contributed by atoms with Gasteiger partial charge in [-0.2, -0.15) is 5.10 Å². The summed E-state index contributed by atoms with van der Waals surface area (Å²) in [5, 5.41) is 10.3. The molecule has 2 aromatic rings. The number of ether oxygens (including phenoxy) is 1. The minimum absolute atomic E-state index is 0.0186. The summed E-state index contributed by atoms with van der Waals surface area (Å²) in [6, 6.07) is 1.21. The van der Waals surface area contributed by atoms with E-state index < -0.39 is 17.8 Å². The summed E-state index contributed by atoms with van der Waals surface area (Å²) in [7, 11) is 1.81. The van der Waals surface area contributed by atoms with Crippen LogP contribution in [0.1, 0.15) is 54.0 Å². The predicted molar refractivity (Wildman–Crippen MR) is 95.8 cm³/mol. The third-order valence-electron chi connectivity index (χ3n) is 4.53. The van der Waals surface area contributed by atoms with Gasteiger partial charge in [0.15, 0.2) is 11.5 Å². The second-order valence-electron chi connectivity index (χ2n) is 6.54. The first-order chi connectivity index (χ1) is 13.5. The molecule has 1 N–H and O–H groups in total. The van der Waals surface area contributed by atoms with E-state index in [1.807, 2.05) is 13.2 Å². The van der Waals surface area contributed by atoms with Crippen LogP contribution < -0.4 is 5.32 Å². The molecule has 0 radical (unpaired) electrons. The van der Waals surface area contributed by atoms with Gasteiger partial charge in [-0.05, 0) is 26.2 Å². The van der Waals surface area contributed by atoms with Gasteiger partial charge in [0.25, 0.3) is 0 Å². The lowest BCUT2D eigenvalue weighted by molar-refractivity contribution is -0.148. The first-order valence-electron chi connectivity index (χ1n) is 9.19. The quantitative estimate of drug-likeness (QED) is 0.597. The number of carbonyl (C=O) groups is 3. The van der Waals surface area contributed by atoms with Gasteiger partial charge < -0.3 is 19.5 Å². The third kappa shape index (κ3) is 4.38. The summed E-state index contributed by atoms with van der Waals surface area (Å²) >= 11 is 0. The molecule has 1 unspecified atom stereocenters. The Bertz CT molecular complexity index is 858. The number of likely N-dealkylation sites (tertiary alicyclic amines) is 1. The summed E-state index contributed by atoms with van der Waals surface area (Å²) in [4.78, 5) is 38.2. The Morgan fingerprint density at radius 3 is 2.89 bits per heavy atom. The molecular weight excluding hydrogens is 366 g/mol. The Kier molecular flexibility index (Phi) is 6.07. The average molecular weight is 389 g/mol. The van der Waals surface area contributed by atoms with Crippen molar-refractivity contribution in [2.24, 2.45) is 7.05 Å². The number of piperidine rings is 1. The van der Waals surface area contributed by atoms with Crippen LogP contribution in [0, 0.1) is 0 Å². The minimum atomic E-state index is -0.732. The predicted octanol–water partition coefficient (Wildman–Crippen LogP) is 0.955. The molecule has 0 bridgehead atoms. The van der Waals surface area contributed by atoms with E-state index >= 15 is 0 Å². The molecular formula is C18H23N5O5. The van der Waals surface area contributed by atoms with Crippen molar-refractivity contribution in [2.45, 2.75) is 38.8 Å². The molecule has 1 saturated heterocycles. The van der Waals surface area contributed by atoms with E-state index in [4.69, 9.17) is 9.26 Å². The summed E-state index contributed by atoms with van der Waals surface area (Å²) in [6.45, 7) is 2.37. The third-order valence-corrected chi connectivity index (χ3v) is 4.53. The second kappa shape index (κ2) is 8.68. The maximum Gasteiger partial charge on any atom is 0.360 e. The summed E-state index contributed by atoms with van der Waals surface area (Å²) < 4.78 is 11.5. The molecule has 0 saturated carbocycles. The van der Waals surface area contributed by atoms with E-state index in [-0.39, 0.29) is 30.6 Å². The van der Waals surface area contributed by atoms with E-state index in [2.05, 4.69) is 15.6 Å². The summed E-state index contributed by atoms with van der Waals surface area (Å²) in [5.74, 6) is -1.68. The first kappa shape index (κ1) is 19.6. The zero-order valence-electron chi connectivity index (χ0n) is 15.9. The van der Waals surface area contributed by atoms with Gasteiger partial charge in [0, 0.05) is 31.4 Å². The van der Waals surface area contributed by atoms with Crippen molar-refractivity contribution >= 4 is 17.8 Å². The first-order valence-corrected chi connectivity index (χ1v) is 9.19. The van der Waals surface area contributed by atoms with E-state index in [1.165, 1.54) is 6.07 Å². The molecule has 1 fully saturated rings. The number of nitrogens with one attached hydrogen (secondary N) is 1. The standard InChI is InChI=1S/C18H23N5O5/c1-3-27-18(26)14-8-13(28-21-14)10-19-16(24)17(25)23-7-5-4-6-15(23)12-9-20-22(2)11-12/h8-9,11,15H,3-7,10H2,1-2H3,(H,19,24). The Morgan fingerprint density at radius 1 is 1.36 bits per heavy atom. The number of esters is 1. The highest BCUT2D eigenvalue weighted by molar-refractivity contribution is 6.35. The number of amides is 2. The van der Waals surface area contributed by atoms with Crippen LogP contribution in [0.5, 0.6) is 0 Å². The van der Waals surface area contributed by atoms with Crippen molar-refractivity contribution in [3.8, 4) is 0 Å². The van der Waals surface area contributed by atoms with Crippen LogP contribution in [-0.4, -0.2) is 50.8 Å². The van der Waals surface area contributed by atoms with Crippen LogP contribution in [-0.2, 0) is 27.9 Å². The van der Waals surface area contributed by atoms with Gasteiger partial charge >= 0.3 is 17.8 Å². The number of nitrogens with zero attached hydrogens (tertiary/aromatic N) is 4. The van der Waals surface area contributed by atoms with E-state index in [9.17, 15) is 14.4 Å². The smallest absolute Gasteiger partial charge is 0.360 e. The fourth-order valence-electron chi connectivity index (χ4n) is 3.20. The molecule has 2 aromatic heterocycles. The lowest BCUT2D eigenvalue weighted by Crippen LogP contribution is -2.46. The average Bonchev–Trinajstić information content (AvgIpc) is 3.35. The van der Waals surface area contributed by atoms with Gasteiger partial charge in [0.2, 0.25) is 0 Å². The van der Waals surface area contributed by atoms with Crippen LogP contribution in [0.25, 0.3) is 0 Å². The topological polar surface area (TPSA) is 120 Å². The SMILES string of the molecule is CCOC(=O)c1cc(CNC(=O)C(=O)N2CCCCC2c2cnn(C)c2)on1. The van der Waals surface area contributed by atoms with Gasteiger partial charge in [-0.3, -0.25) is 14.3 Å². The molecule has 0 spiro atoms. The zero-order valence-corrected chi connectivity index (χ0v) is 15.9. The number of hydrogen-bond acceptors (Lipinski definition) is 7. The molecule has 2 amide bonds. The van der Waals surface area contributed by atoms with Crippen molar-refractivity contribution < 1.29 is 23.6 Å². The normalized spacial score (nSPS) is 16.6. The fourth-order valence-corrected chi connectivity index (χ4v) is 3.20. The Balaban J connectivity index is 1.60. The van der Waals surface area contributed by atoms with Crippen molar-refractivity contribution in [1.29, 1.82) is 0 Å². The summed E-state index contributed by atoms with van der Waals surface area (Å²) in [6.07, 6.45) is 6.20. The van der Waals surface area contributed by atoms with E-state index in [1.54, 1.807) is 22.7 Å². The molecule has 1 aliphatic rings. The lowest BCUT2D eigenvalue weighted by atomic mass is 9.97. The summed E-state index contributed by atoms with van der Waals surface area (Å²) in [5.41, 5.74) is 0.933. The molecule has 3 rings (SSSR count). The highest BCUT2D eigenvalue weighted by atomic mass is 16.5. The molecule has 1 aliphatic heterocycles. The van der Waals surface area contributed by atoms with E-state index in [0.717, 1.165) is 24.8 Å². The highest BCUT2D eigenvalue weighted by Gasteiger charge is 2.32. The van der Waals surface area contributed by atoms with Gasteiger partial charge in [-0.1, -0.05) is 5.16 Å². The number of aromatic nitrogens is 3. The van der Waals surface area contributed by atoms with Crippen molar-refractivity contribution in [2.75, 3.05) is 13.2 Å². The van der Waals surface area contributed by atoms with Crippen molar-refractivity contribution in [3.63, 3.8) is 0 Å². The highest BCUT2D eigenvalue weighted by Crippen LogP contribution is 2.30. The molecule has 10 heteroatoms. The number of aryl methyl sites for hydroxylation is 1. The Hall–Kier alpha value is -3.17. The lowest BCUT2D eigenvalue weighted by Gasteiger charge is -2.34. The van der Waals surface area contributed by atoms with Crippen LogP contribution in [0.15, 0.2) is 23.0 Å². The number of hydrogen-bond donors (Lipinski definition) is 1. The fraction of sp³-hybridized carbons (Fsp3) is 0.500. The molecule has 0 aromatic carbocycles. The van der Waals surface area contributed by atoms with Crippen molar-refractivity contribution in [3.05, 3.63) is 35.5 Å². The van der Waals surface area contributed by atoms with Crippen LogP contribution in [0.3, 0.4) is 0 Å². The zero-order chi connectivity index (χ0) is 20.1. The molecule has 150 valence electrons. The molecule has 10 nitrogen and oxygen atoms in total. The van der Waals surface area contributed by atoms with Crippen LogP contribution in [0.2, 0.25) is 0 Å². The van der Waals surface area contributed by atoms with Crippen LogP contribution >= 0.6 is 0 Å². The molecule has 3 heterocycles. The van der Waals surface area contributed by atoms with Gasteiger partial charge in [-0.15, -0.1) is 0 Å². The van der Waals surface area contributed by atoms with Gasteiger partial charge in [-0.25, -0.2) is 4.79 Å². The second-order valence-corrected chi connectivity index (χ2v) is 6.54. The maximum absolute atomic E-state index is 12.7. The van der Waals surface area contributed by atoms with Crippen LogP contribution in [0.4, 0.5) is 0 Å². The van der Waals surface area contributed by atoms with Crippen molar-refractivity contribution in [1.82, 2.24) is 25.2 Å². The largest absolute Gasteiger partial charge is 0.461 e. The number of carbonyl (C=O) groups excluding carboxylic acids is 3.